The number of amides is 1. The van der Waals surface area contributed by atoms with Gasteiger partial charge in [0.15, 0.2) is 0 Å². The van der Waals surface area contributed by atoms with Crippen LogP contribution in [0.3, 0.4) is 0 Å². The first-order valence-corrected chi connectivity index (χ1v) is 7.45. The Hall–Kier alpha value is -1.58. The summed E-state index contributed by atoms with van der Waals surface area (Å²) in [7, 11) is 0. The van der Waals surface area contributed by atoms with Crippen LogP contribution >= 0.6 is 0 Å². The molecule has 1 aromatic rings. The predicted molar refractivity (Wildman–Crippen MR) is 78.5 cm³/mol. The first-order valence-electron chi connectivity index (χ1n) is 7.45. The second-order valence-electron chi connectivity index (χ2n) is 6.15. The highest BCUT2D eigenvalue weighted by Gasteiger charge is 2.50. The Morgan fingerprint density at radius 2 is 1.95 bits per heavy atom. The molecule has 1 aliphatic heterocycles. The Balaban J connectivity index is 2.17. The molecular weight excluding hydrogens is 255 g/mol. The van der Waals surface area contributed by atoms with E-state index in [1.54, 1.807) is 12.1 Å². The molecule has 0 unspecified atom stereocenters. The van der Waals surface area contributed by atoms with Gasteiger partial charge >= 0.3 is 0 Å². The molecule has 1 heterocycles. The molecule has 0 radical (unpaired) electrons. The summed E-state index contributed by atoms with van der Waals surface area (Å²) in [6.45, 7) is 4.07. The molecule has 1 aliphatic carbocycles. The number of carbonyl (C=O) groups is 1. The molecule has 1 spiro atoms. The van der Waals surface area contributed by atoms with Crippen LogP contribution in [0.5, 0.6) is 0 Å². The van der Waals surface area contributed by atoms with E-state index in [2.05, 4.69) is 5.32 Å². The Morgan fingerprint density at radius 1 is 1.25 bits per heavy atom. The third kappa shape index (κ3) is 1.81. The number of halogens is 1. The lowest BCUT2D eigenvalue weighted by atomic mass is 9.77. The van der Waals surface area contributed by atoms with Gasteiger partial charge in [-0.3, -0.25) is 4.79 Å². The van der Waals surface area contributed by atoms with E-state index in [1.165, 1.54) is 6.07 Å². The predicted octanol–water partition coefficient (Wildman–Crippen LogP) is 3.70. The Labute approximate surface area is 119 Å². The van der Waals surface area contributed by atoms with Crippen molar-refractivity contribution < 1.29 is 9.18 Å². The van der Waals surface area contributed by atoms with Crippen LogP contribution in [0.2, 0.25) is 0 Å². The highest BCUT2D eigenvalue weighted by atomic mass is 19.1. The maximum atomic E-state index is 14.4. The number of fused-ring (bicyclic) bond motifs is 1. The molecule has 2 aliphatic rings. The van der Waals surface area contributed by atoms with Crippen LogP contribution in [0, 0.1) is 5.82 Å². The van der Waals surface area contributed by atoms with Crippen molar-refractivity contribution in [2.24, 2.45) is 0 Å². The molecule has 20 heavy (non-hydrogen) atoms. The summed E-state index contributed by atoms with van der Waals surface area (Å²) in [6.07, 6.45) is 4.83. The van der Waals surface area contributed by atoms with E-state index < -0.39 is 5.54 Å². The lowest BCUT2D eigenvalue weighted by molar-refractivity contribution is -0.123. The molecular formula is C16H21FN2O. The van der Waals surface area contributed by atoms with E-state index in [9.17, 15) is 9.18 Å². The summed E-state index contributed by atoms with van der Waals surface area (Å²) in [5, 5.41) is 2.93. The summed E-state index contributed by atoms with van der Waals surface area (Å²) < 4.78 is 14.4. The van der Waals surface area contributed by atoms with Crippen molar-refractivity contribution in [3.63, 3.8) is 0 Å². The van der Waals surface area contributed by atoms with Crippen molar-refractivity contribution in [3.05, 3.63) is 24.0 Å². The topological polar surface area (TPSA) is 32.3 Å². The monoisotopic (exact) mass is 276 g/mol. The molecule has 4 heteroatoms. The highest BCUT2D eigenvalue weighted by Crippen LogP contribution is 2.46. The lowest BCUT2D eigenvalue weighted by Crippen LogP contribution is -2.63. The summed E-state index contributed by atoms with van der Waals surface area (Å²) in [5.41, 5.74) is 0.589. The van der Waals surface area contributed by atoms with Crippen LogP contribution in [0.4, 0.5) is 15.8 Å². The minimum Gasteiger partial charge on any atom is -0.350 e. The van der Waals surface area contributed by atoms with E-state index in [-0.39, 0.29) is 17.8 Å². The van der Waals surface area contributed by atoms with Gasteiger partial charge in [-0.1, -0.05) is 25.3 Å². The van der Waals surface area contributed by atoms with Crippen LogP contribution in [0.1, 0.15) is 46.0 Å². The first kappa shape index (κ1) is 13.4. The Kier molecular flexibility index (Phi) is 3.19. The first-order chi connectivity index (χ1) is 9.56. The Bertz CT molecular complexity index is 535. The van der Waals surface area contributed by atoms with Crippen molar-refractivity contribution in [2.45, 2.75) is 57.5 Å². The van der Waals surface area contributed by atoms with Gasteiger partial charge in [0.1, 0.15) is 11.4 Å². The fraction of sp³-hybridized carbons (Fsp3) is 0.562. The maximum absolute atomic E-state index is 14.4. The minimum absolute atomic E-state index is 0.0315. The van der Waals surface area contributed by atoms with Crippen molar-refractivity contribution in [1.82, 2.24) is 0 Å². The standard InChI is InChI=1S/C16H21FN2O/c1-11(2)19-14-12(17)7-6-8-13(14)18-15(20)16(19)9-4-3-5-10-16/h6-8,11H,3-5,9-10H2,1-2H3,(H,18,20). The van der Waals surface area contributed by atoms with Gasteiger partial charge in [0, 0.05) is 6.04 Å². The molecule has 0 aromatic heterocycles. The van der Waals surface area contributed by atoms with Gasteiger partial charge in [-0.15, -0.1) is 0 Å². The van der Waals surface area contributed by atoms with E-state index in [0.29, 0.717) is 11.4 Å². The zero-order chi connectivity index (χ0) is 14.3. The number of nitrogens with zero attached hydrogens (tertiary/aromatic N) is 1. The van der Waals surface area contributed by atoms with E-state index in [0.717, 1.165) is 32.1 Å². The molecule has 108 valence electrons. The van der Waals surface area contributed by atoms with Crippen molar-refractivity contribution in [3.8, 4) is 0 Å². The molecule has 0 saturated heterocycles. The molecule has 0 bridgehead atoms. The number of para-hydroxylation sites is 1. The largest absolute Gasteiger partial charge is 0.350 e. The van der Waals surface area contributed by atoms with Crippen LogP contribution in [0.25, 0.3) is 0 Å². The van der Waals surface area contributed by atoms with E-state index in [4.69, 9.17) is 0 Å². The number of anilines is 2. The smallest absolute Gasteiger partial charge is 0.250 e. The maximum Gasteiger partial charge on any atom is 0.250 e. The molecule has 1 amide bonds. The fourth-order valence-corrected chi connectivity index (χ4v) is 3.78. The zero-order valence-electron chi connectivity index (χ0n) is 12.1. The van der Waals surface area contributed by atoms with Gasteiger partial charge in [0.05, 0.1) is 11.4 Å². The van der Waals surface area contributed by atoms with Crippen LogP contribution in [-0.4, -0.2) is 17.5 Å². The molecule has 3 rings (SSSR count). The highest BCUT2D eigenvalue weighted by molar-refractivity contribution is 6.07. The average molecular weight is 276 g/mol. The number of hydrogen-bond donors (Lipinski definition) is 1. The summed E-state index contributed by atoms with van der Waals surface area (Å²) in [4.78, 5) is 14.7. The van der Waals surface area contributed by atoms with Gasteiger partial charge in [0.25, 0.3) is 0 Å². The summed E-state index contributed by atoms with van der Waals surface area (Å²) >= 11 is 0. The van der Waals surface area contributed by atoms with Gasteiger partial charge in [-0.05, 0) is 38.8 Å². The number of benzene rings is 1. The summed E-state index contributed by atoms with van der Waals surface area (Å²) in [5.74, 6) is -0.217. The number of carbonyl (C=O) groups excluding carboxylic acids is 1. The molecule has 1 N–H and O–H groups in total. The van der Waals surface area contributed by atoms with Crippen molar-refractivity contribution >= 4 is 17.3 Å². The number of nitrogens with one attached hydrogen (secondary N) is 1. The second kappa shape index (κ2) is 4.76. The SMILES string of the molecule is CC(C)N1c2c(F)cccc2NC(=O)C12CCCCC2. The summed E-state index contributed by atoms with van der Waals surface area (Å²) in [6, 6.07) is 4.99. The normalized spacial score (nSPS) is 21.0. The van der Waals surface area contributed by atoms with Crippen LogP contribution in [0.15, 0.2) is 18.2 Å². The Morgan fingerprint density at radius 3 is 2.60 bits per heavy atom. The van der Waals surface area contributed by atoms with E-state index >= 15 is 0 Å². The molecule has 3 nitrogen and oxygen atoms in total. The number of rotatable bonds is 1. The van der Waals surface area contributed by atoms with Crippen molar-refractivity contribution in [2.75, 3.05) is 10.2 Å². The van der Waals surface area contributed by atoms with Crippen molar-refractivity contribution in [1.29, 1.82) is 0 Å². The third-order valence-electron chi connectivity index (χ3n) is 4.56. The van der Waals surface area contributed by atoms with Gasteiger partial charge < -0.3 is 10.2 Å². The average Bonchev–Trinajstić information content (AvgIpc) is 2.42. The molecule has 0 atom stereocenters. The van der Waals surface area contributed by atoms with Crippen LogP contribution in [-0.2, 0) is 4.79 Å². The quantitative estimate of drug-likeness (QED) is 0.848. The third-order valence-corrected chi connectivity index (χ3v) is 4.56. The lowest BCUT2D eigenvalue weighted by Gasteiger charge is -2.51. The molecule has 1 aromatic carbocycles. The van der Waals surface area contributed by atoms with Gasteiger partial charge in [-0.25, -0.2) is 4.39 Å². The van der Waals surface area contributed by atoms with E-state index in [1.807, 2.05) is 18.7 Å². The molecule has 1 fully saturated rings. The number of hydrogen-bond acceptors (Lipinski definition) is 2. The second-order valence-corrected chi connectivity index (χ2v) is 6.15. The van der Waals surface area contributed by atoms with Crippen LogP contribution < -0.4 is 10.2 Å². The minimum atomic E-state index is -0.568. The zero-order valence-corrected chi connectivity index (χ0v) is 12.1. The molecule has 1 saturated carbocycles. The van der Waals surface area contributed by atoms with Gasteiger partial charge in [0.2, 0.25) is 5.91 Å². The fourth-order valence-electron chi connectivity index (χ4n) is 3.78. The van der Waals surface area contributed by atoms with Gasteiger partial charge in [-0.2, -0.15) is 0 Å².